The molecular weight excluding hydrogens is 395 g/mol. The van der Waals surface area contributed by atoms with E-state index in [2.05, 4.69) is 41.6 Å². The number of benzene rings is 1. The van der Waals surface area contributed by atoms with Gasteiger partial charge in [-0.2, -0.15) is 10.2 Å². The molecule has 1 atom stereocenters. The second kappa shape index (κ2) is 8.92. The zero-order valence-corrected chi connectivity index (χ0v) is 16.5. The first-order valence-corrected chi connectivity index (χ1v) is 9.41. The Kier molecular flexibility index (Phi) is 5.71. The van der Waals surface area contributed by atoms with Gasteiger partial charge in [-0.25, -0.2) is 14.4 Å². The van der Waals surface area contributed by atoms with Crippen LogP contribution in [0.15, 0.2) is 67.4 Å². The van der Waals surface area contributed by atoms with Crippen LogP contribution in [0.3, 0.4) is 0 Å². The molecule has 0 fully saturated rings. The zero-order valence-electron chi connectivity index (χ0n) is 16.5. The Morgan fingerprint density at radius 3 is 2.52 bits per heavy atom. The zero-order chi connectivity index (χ0) is 21.6. The number of hydrogen-bond acceptors (Lipinski definition) is 8. The van der Waals surface area contributed by atoms with Gasteiger partial charge in [0.25, 0.3) is 0 Å². The molecule has 1 aromatic carbocycles. The smallest absolute Gasteiger partial charge is 0.225 e. The van der Waals surface area contributed by atoms with Crippen LogP contribution in [0.4, 0.5) is 22.0 Å². The number of nitriles is 1. The summed E-state index contributed by atoms with van der Waals surface area (Å²) in [7, 11) is 0. The van der Waals surface area contributed by atoms with E-state index in [0.717, 1.165) is 5.56 Å². The SMILES string of the molecule is CC(Nc1nc(Nc2cnccn2)cc(-c2cnccc2C#N)n1)c1ccc(F)cc1. The summed E-state index contributed by atoms with van der Waals surface area (Å²) in [6.07, 6.45) is 7.84. The average molecular weight is 412 g/mol. The van der Waals surface area contributed by atoms with Gasteiger partial charge in [0.05, 0.1) is 29.6 Å². The summed E-state index contributed by atoms with van der Waals surface area (Å²) in [6, 6.07) is 11.5. The van der Waals surface area contributed by atoms with Crippen molar-refractivity contribution in [3.63, 3.8) is 0 Å². The van der Waals surface area contributed by atoms with Gasteiger partial charge < -0.3 is 10.6 Å². The van der Waals surface area contributed by atoms with E-state index in [4.69, 9.17) is 0 Å². The molecule has 8 nitrogen and oxygen atoms in total. The van der Waals surface area contributed by atoms with Crippen molar-refractivity contribution in [1.82, 2.24) is 24.9 Å². The number of aromatic nitrogens is 5. The molecule has 0 saturated heterocycles. The number of halogens is 1. The predicted molar refractivity (Wildman–Crippen MR) is 114 cm³/mol. The maximum atomic E-state index is 13.3. The van der Waals surface area contributed by atoms with Crippen LogP contribution in [0.1, 0.15) is 24.1 Å². The lowest BCUT2D eigenvalue weighted by molar-refractivity contribution is 0.626. The molecule has 0 bridgehead atoms. The molecule has 3 heterocycles. The lowest BCUT2D eigenvalue weighted by Gasteiger charge is -2.16. The van der Waals surface area contributed by atoms with Crippen molar-refractivity contribution in [2.24, 2.45) is 0 Å². The maximum absolute atomic E-state index is 13.3. The standard InChI is InChI=1S/C22H17FN8/c1-14(15-2-4-17(23)5-3-15)28-22-29-19(18-12-25-7-6-16(18)11-24)10-20(31-22)30-21-13-26-8-9-27-21/h2-10,12-14H,1H3,(H2,27,28,29,30,31). The monoisotopic (exact) mass is 412 g/mol. The van der Waals surface area contributed by atoms with E-state index in [-0.39, 0.29) is 11.9 Å². The van der Waals surface area contributed by atoms with E-state index in [1.165, 1.54) is 12.1 Å². The molecule has 9 heteroatoms. The van der Waals surface area contributed by atoms with Gasteiger partial charge in [0.15, 0.2) is 0 Å². The number of nitrogens with one attached hydrogen (secondary N) is 2. The number of rotatable bonds is 6. The molecule has 0 spiro atoms. The molecule has 0 radical (unpaired) electrons. The van der Waals surface area contributed by atoms with Crippen LogP contribution in [0.5, 0.6) is 0 Å². The molecule has 0 saturated carbocycles. The number of pyridine rings is 1. The van der Waals surface area contributed by atoms with Crippen molar-refractivity contribution in [3.05, 3.63) is 84.3 Å². The molecule has 2 N–H and O–H groups in total. The Morgan fingerprint density at radius 1 is 0.968 bits per heavy atom. The summed E-state index contributed by atoms with van der Waals surface area (Å²) in [5.74, 6) is 1.00. The summed E-state index contributed by atoms with van der Waals surface area (Å²) < 4.78 is 13.3. The molecule has 0 aliphatic heterocycles. The third-order valence-corrected chi connectivity index (χ3v) is 4.48. The molecule has 1 unspecified atom stereocenters. The van der Waals surface area contributed by atoms with Crippen LogP contribution in [0, 0.1) is 17.1 Å². The first kappa shape index (κ1) is 19.8. The summed E-state index contributed by atoms with van der Waals surface area (Å²) in [6.45, 7) is 1.92. The number of anilines is 3. The first-order chi connectivity index (χ1) is 15.1. The fourth-order valence-corrected chi connectivity index (χ4v) is 2.93. The van der Waals surface area contributed by atoms with Crippen LogP contribution < -0.4 is 10.6 Å². The van der Waals surface area contributed by atoms with E-state index < -0.39 is 0 Å². The number of nitrogens with zero attached hydrogens (tertiary/aromatic N) is 6. The van der Waals surface area contributed by atoms with Gasteiger partial charge in [0.2, 0.25) is 5.95 Å². The molecule has 4 aromatic rings. The van der Waals surface area contributed by atoms with E-state index in [0.29, 0.717) is 34.4 Å². The first-order valence-electron chi connectivity index (χ1n) is 9.41. The largest absolute Gasteiger partial charge is 0.348 e. The van der Waals surface area contributed by atoms with Crippen molar-refractivity contribution >= 4 is 17.6 Å². The summed E-state index contributed by atoms with van der Waals surface area (Å²) in [4.78, 5) is 21.4. The lowest BCUT2D eigenvalue weighted by atomic mass is 10.1. The van der Waals surface area contributed by atoms with Crippen molar-refractivity contribution in [1.29, 1.82) is 5.26 Å². The van der Waals surface area contributed by atoms with Crippen LogP contribution in [0.2, 0.25) is 0 Å². The molecule has 152 valence electrons. The number of hydrogen-bond donors (Lipinski definition) is 2. The van der Waals surface area contributed by atoms with Crippen LogP contribution >= 0.6 is 0 Å². The highest BCUT2D eigenvalue weighted by Crippen LogP contribution is 2.26. The topological polar surface area (TPSA) is 112 Å². The van der Waals surface area contributed by atoms with E-state index >= 15 is 0 Å². The van der Waals surface area contributed by atoms with Crippen molar-refractivity contribution in [2.45, 2.75) is 13.0 Å². The predicted octanol–water partition coefficient (Wildman–Crippen LogP) is 4.26. The van der Waals surface area contributed by atoms with E-state index in [9.17, 15) is 9.65 Å². The van der Waals surface area contributed by atoms with Crippen LogP contribution in [-0.2, 0) is 0 Å². The molecular formula is C22H17FN8. The third kappa shape index (κ3) is 4.76. The molecule has 0 amide bonds. The second-order valence-electron chi connectivity index (χ2n) is 6.63. The minimum Gasteiger partial charge on any atom is -0.348 e. The Hall–Kier alpha value is -4.45. The Labute approximate surface area is 177 Å². The van der Waals surface area contributed by atoms with Gasteiger partial charge in [-0.1, -0.05) is 12.1 Å². The van der Waals surface area contributed by atoms with Gasteiger partial charge >= 0.3 is 0 Å². The van der Waals surface area contributed by atoms with E-state index in [1.54, 1.807) is 55.2 Å². The van der Waals surface area contributed by atoms with Crippen LogP contribution in [0.25, 0.3) is 11.3 Å². The van der Waals surface area contributed by atoms with Gasteiger partial charge in [-0.3, -0.25) is 9.97 Å². The van der Waals surface area contributed by atoms with Crippen LogP contribution in [-0.4, -0.2) is 24.9 Å². The Balaban J connectivity index is 1.72. The maximum Gasteiger partial charge on any atom is 0.225 e. The van der Waals surface area contributed by atoms with Gasteiger partial charge in [-0.15, -0.1) is 0 Å². The molecule has 3 aromatic heterocycles. The van der Waals surface area contributed by atoms with Gasteiger partial charge in [0, 0.05) is 36.4 Å². The molecule has 31 heavy (non-hydrogen) atoms. The fourth-order valence-electron chi connectivity index (χ4n) is 2.93. The van der Waals surface area contributed by atoms with Crippen molar-refractivity contribution < 1.29 is 4.39 Å². The van der Waals surface area contributed by atoms with Gasteiger partial charge in [-0.05, 0) is 30.7 Å². The van der Waals surface area contributed by atoms with Gasteiger partial charge in [0.1, 0.15) is 17.5 Å². The minimum absolute atomic E-state index is 0.190. The molecule has 0 aliphatic rings. The summed E-state index contributed by atoms with van der Waals surface area (Å²) >= 11 is 0. The van der Waals surface area contributed by atoms with Crippen molar-refractivity contribution in [2.75, 3.05) is 10.6 Å². The highest BCUT2D eigenvalue weighted by Gasteiger charge is 2.14. The Bertz CT molecular complexity index is 1220. The fraction of sp³-hybridized carbons (Fsp3) is 0.0909. The Morgan fingerprint density at radius 2 is 1.77 bits per heavy atom. The normalized spacial score (nSPS) is 11.4. The molecule has 4 rings (SSSR count). The highest BCUT2D eigenvalue weighted by molar-refractivity contribution is 5.70. The minimum atomic E-state index is -0.301. The second-order valence-corrected chi connectivity index (χ2v) is 6.63. The summed E-state index contributed by atoms with van der Waals surface area (Å²) in [5.41, 5.74) is 2.40. The quantitative estimate of drug-likeness (QED) is 0.483. The van der Waals surface area contributed by atoms with E-state index in [1.807, 2.05) is 6.92 Å². The molecule has 0 aliphatic carbocycles. The summed E-state index contributed by atoms with van der Waals surface area (Å²) in [5, 5.41) is 15.8. The lowest BCUT2D eigenvalue weighted by Crippen LogP contribution is -2.11. The highest BCUT2D eigenvalue weighted by atomic mass is 19.1. The third-order valence-electron chi connectivity index (χ3n) is 4.48. The average Bonchev–Trinajstić information content (AvgIpc) is 2.80. The van der Waals surface area contributed by atoms with Crippen molar-refractivity contribution in [3.8, 4) is 17.3 Å².